The number of furan rings is 1. The molecule has 5 heteroatoms. The smallest absolute Gasteiger partial charge is 0.307 e. The lowest BCUT2D eigenvalue weighted by Gasteiger charge is -2.35. The summed E-state index contributed by atoms with van der Waals surface area (Å²) in [4.78, 5) is 25.6. The zero-order chi connectivity index (χ0) is 14.4. The maximum Gasteiger partial charge on any atom is 0.307 e. The monoisotopic (exact) mass is 279 g/mol. The molecule has 0 radical (unpaired) electrons. The van der Waals surface area contributed by atoms with Gasteiger partial charge in [0.25, 0.3) is 0 Å². The Kier molecular flexibility index (Phi) is 5.21. The van der Waals surface area contributed by atoms with Gasteiger partial charge in [-0.05, 0) is 31.4 Å². The first-order valence-corrected chi connectivity index (χ1v) is 7.09. The van der Waals surface area contributed by atoms with Gasteiger partial charge in [-0.15, -0.1) is 0 Å². The van der Waals surface area contributed by atoms with Crippen LogP contribution < -0.4 is 0 Å². The third-order valence-electron chi connectivity index (χ3n) is 3.74. The van der Waals surface area contributed by atoms with E-state index < -0.39 is 0 Å². The SMILES string of the molecule is COC(=O)CC1CCCCN1C(=O)CCc1ccco1. The number of rotatable bonds is 5. The van der Waals surface area contributed by atoms with Crippen molar-refractivity contribution in [2.75, 3.05) is 13.7 Å². The van der Waals surface area contributed by atoms with Crippen molar-refractivity contribution in [3.63, 3.8) is 0 Å². The number of aryl methyl sites for hydroxylation is 1. The number of carbonyl (C=O) groups is 2. The normalized spacial score (nSPS) is 18.9. The maximum absolute atomic E-state index is 12.3. The molecule has 1 aliphatic heterocycles. The Balaban J connectivity index is 1.89. The van der Waals surface area contributed by atoms with Crippen LogP contribution in [0.3, 0.4) is 0 Å². The van der Waals surface area contributed by atoms with Crippen molar-refractivity contribution in [2.45, 2.75) is 44.6 Å². The highest BCUT2D eigenvalue weighted by atomic mass is 16.5. The van der Waals surface area contributed by atoms with Crippen LogP contribution in [0.4, 0.5) is 0 Å². The van der Waals surface area contributed by atoms with Gasteiger partial charge in [0, 0.05) is 25.4 Å². The number of ether oxygens (including phenoxy) is 1. The van der Waals surface area contributed by atoms with E-state index in [1.54, 1.807) is 6.26 Å². The molecule has 110 valence electrons. The largest absolute Gasteiger partial charge is 0.469 e. The number of amides is 1. The molecule has 1 amide bonds. The second-order valence-electron chi connectivity index (χ2n) is 5.10. The lowest BCUT2D eigenvalue weighted by Crippen LogP contribution is -2.45. The van der Waals surface area contributed by atoms with Gasteiger partial charge < -0.3 is 14.1 Å². The standard InChI is InChI=1S/C15H21NO4/c1-19-15(18)11-12-5-2-3-9-16(12)14(17)8-7-13-6-4-10-20-13/h4,6,10,12H,2-3,5,7-9,11H2,1H3. The van der Waals surface area contributed by atoms with Gasteiger partial charge >= 0.3 is 5.97 Å². The number of likely N-dealkylation sites (tertiary alicyclic amines) is 1. The molecule has 1 aromatic heterocycles. The summed E-state index contributed by atoms with van der Waals surface area (Å²) in [5.74, 6) is 0.663. The van der Waals surface area contributed by atoms with Crippen LogP contribution in [0.1, 0.15) is 37.9 Å². The molecule has 0 aromatic carbocycles. The average Bonchev–Trinajstić information content (AvgIpc) is 2.98. The summed E-state index contributed by atoms with van der Waals surface area (Å²) in [6.45, 7) is 0.735. The Morgan fingerprint density at radius 3 is 3.00 bits per heavy atom. The van der Waals surface area contributed by atoms with Gasteiger partial charge in [0.05, 0.1) is 19.8 Å². The lowest BCUT2D eigenvalue weighted by atomic mass is 9.98. The Labute approximate surface area is 118 Å². The first-order valence-electron chi connectivity index (χ1n) is 7.09. The minimum absolute atomic E-state index is 0.0136. The van der Waals surface area contributed by atoms with Gasteiger partial charge in [-0.25, -0.2) is 0 Å². The van der Waals surface area contributed by atoms with Crippen LogP contribution in [-0.2, 0) is 20.7 Å². The van der Waals surface area contributed by atoms with Gasteiger partial charge in [-0.2, -0.15) is 0 Å². The fraction of sp³-hybridized carbons (Fsp3) is 0.600. The zero-order valence-electron chi connectivity index (χ0n) is 11.8. The molecule has 20 heavy (non-hydrogen) atoms. The van der Waals surface area contributed by atoms with E-state index in [9.17, 15) is 9.59 Å². The first kappa shape index (κ1) is 14.6. The fourth-order valence-electron chi connectivity index (χ4n) is 2.65. The molecule has 1 aliphatic rings. The van der Waals surface area contributed by atoms with Crippen LogP contribution in [0.5, 0.6) is 0 Å². The summed E-state index contributed by atoms with van der Waals surface area (Å²) in [7, 11) is 1.38. The third kappa shape index (κ3) is 3.85. The summed E-state index contributed by atoms with van der Waals surface area (Å²) in [5, 5.41) is 0. The second-order valence-corrected chi connectivity index (χ2v) is 5.10. The second kappa shape index (κ2) is 7.12. The van der Waals surface area contributed by atoms with E-state index in [1.165, 1.54) is 7.11 Å². The van der Waals surface area contributed by atoms with E-state index in [2.05, 4.69) is 0 Å². The van der Waals surface area contributed by atoms with E-state index in [0.717, 1.165) is 31.6 Å². The van der Waals surface area contributed by atoms with Gasteiger partial charge in [-0.3, -0.25) is 9.59 Å². The quantitative estimate of drug-likeness (QED) is 0.775. The van der Waals surface area contributed by atoms with E-state index >= 15 is 0 Å². The topological polar surface area (TPSA) is 59.8 Å². The Morgan fingerprint density at radius 1 is 1.45 bits per heavy atom. The fourth-order valence-corrected chi connectivity index (χ4v) is 2.65. The van der Waals surface area contributed by atoms with Gasteiger partial charge in [0.2, 0.25) is 5.91 Å². The molecule has 1 saturated heterocycles. The predicted molar refractivity (Wildman–Crippen MR) is 73.0 cm³/mol. The molecule has 0 aliphatic carbocycles. The Bertz CT molecular complexity index is 441. The van der Waals surface area contributed by atoms with Crippen LogP contribution in [0, 0.1) is 0 Å². The third-order valence-corrected chi connectivity index (χ3v) is 3.74. The molecule has 2 rings (SSSR count). The van der Waals surface area contributed by atoms with E-state index in [1.807, 2.05) is 17.0 Å². The lowest BCUT2D eigenvalue weighted by molar-refractivity contribution is -0.144. The molecule has 1 unspecified atom stereocenters. The van der Waals surface area contributed by atoms with Crippen molar-refractivity contribution >= 4 is 11.9 Å². The van der Waals surface area contributed by atoms with Crippen molar-refractivity contribution in [3.05, 3.63) is 24.2 Å². The highest BCUT2D eigenvalue weighted by Crippen LogP contribution is 2.21. The summed E-state index contributed by atoms with van der Waals surface area (Å²) in [5.41, 5.74) is 0. The minimum atomic E-state index is -0.249. The number of esters is 1. The number of piperidine rings is 1. The molecule has 1 aromatic rings. The molecule has 2 heterocycles. The first-order chi connectivity index (χ1) is 9.70. The number of nitrogens with zero attached hydrogens (tertiary/aromatic N) is 1. The van der Waals surface area contributed by atoms with Crippen molar-refractivity contribution in [2.24, 2.45) is 0 Å². The molecular formula is C15H21NO4. The zero-order valence-corrected chi connectivity index (χ0v) is 11.8. The van der Waals surface area contributed by atoms with Crippen molar-refractivity contribution < 1.29 is 18.7 Å². The Hall–Kier alpha value is -1.78. The number of carbonyl (C=O) groups excluding carboxylic acids is 2. The van der Waals surface area contributed by atoms with Gasteiger partial charge in [0.1, 0.15) is 5.76 Å². The summed E-state index contributed by atoms with van der Waals surface area (Å²) >= 11 is 0. The van der Waals surface area contributed by atoms with Gasteiger partial charge in [-0.1, -0.05) is 0 Å². The summed E-state index contributed by atoms with van der Waals surface area (Å²) in [6, 6.07) is 3.68. The molecule has 0 saturated carbocycles. The number of methoxy groups -OCH3 is 1. The average molecular weight is 279 g/mol. The Morgan fingerprint density at radius 2 is 2.30 bits per heavy atom. The molecule has 0 spiro atoms. The predicted octanol–water partition coefficient (Wildman–Crippen LogP) is 2.16. The molecule has 1 fully saturated rings. The molecule has 0 bridgehead atoms. The molecule has 5 nitrogen and oxygen atoms in total. The molecule has 1 atom stereocenters. The van der Waals surface area contributed by atoms with E-state index in [4.69, 9.17) is 9.15 Å². The van der Waals surface area contributed by atoms with Crippen LogP contribution in [-0.4, -0.2) is 36.5 Å². The van der Waals surface area contributed by atoms with Gasteiger partial charge in [0.15, 0.2) is 0 Å². The van der Waals surface area contributed by atoms with Crippen LogP contribution in [0.15, 0.2) is 22.8 Å². The van der Waals surface area contributed by atoms with E-state index in [-0.39, 0.29) is 17.9 Å². The van der Waals surface area contributed by atoms with Crippen molar-refractivity contribution in [1.82, 2.24) is 4.90 Å². The van der Waals surface area contributed by atoms with Crippen LogP contribution >= 0.6 is 0 Å². The van der Waals surface area contributed by atoms with E-state index in [0.29, 0.717) is 19.3 Å². The molecule has 0 N–H and O–H groups in total. The van der Waals surface area contributed by atoms with Crippen LogP contribution in [0.25, 0.3) is 0 Å². The number of hydrogen-bond donors (Lipinski definition) is 0. The van der Waals surface area contributed by atoms with Crippen molar-refractivity contribution in [1.29, 1.82) is 0 Å². The summed E-state index contributed by atoms with van der Waals surface area (Å²) < 4.78 is 9.94. The summed E-state index contributed by atoms with van der Waals surface area (Å²) in [6.07, 6.45) is 5.87. The highest BCUT2D eigenvalue weighted by molar-refractivity contribution is 5.78. The van der Waals surface area contributed by atoms with Crippen LogP contribution in [0.2, 0.25) is 0 Å². The number of hydrogen-bond acceptors (Lipinski definition) is 4. The maximum atomic E-state index is 12.3. The van der Waals surface area contributed by atoms with Crippen molar-refractivity contribution in [3.8, 4) is 0 Å². The highest BCUT2D eigenvalue weighted by Gasteiger charge is 2.28. The minimum Gasteiger partial charge on any atom is -0.469 e. The molecular weight excluding hydrogens is 258 g/mol.